The van der Waals surface area contributed by atoms with E-state index in [1.807, 2.05) is 12.1 Å². The molecule has 0 bridgehead atoms. The van der Waals surface area contributed by atoms with E-state index in [4.69, 9.17) is 0 Å². The van der Waals surface area contributed by atoms with Crippen LogP contribution >= 0.6 is 0 Å². The smallest absolute Gasteiger partial charge is 0.242 e. The van der Waals surface area contributed by atoms with Gasteiger partial charge in [0.15, 0.2) is 17.5 Å². The highest BCUT2D eigenvalue weighted by Crippen LogP contribution is 2.19. The highest BCUT2D eigenvalue weighted by atomic mass is 19.2. The number of nitrogens with one attached hydrogen (secondary N) is 1. The molecule has 0 aliphatic carbocycles. The predicted octanol–water partition coefficient (Wildman–Crippen LogP) is 2.30. The Hall–Kier alpha value is -2.87. The van der Waals surface area contributed by atoms with Gasteiger partial charge in [-0.05, 0) is 23.8 Å². The van der Waals surface area contributed by atoms with Gasteiger partial charge in [0.05, 0.1) is 24.4 Å². The number of aromatic nitrogens is 2. The molecule has 0 aliphatic rings. The lowest BCUT2D eigenvalue weighted by Crippen LogP contribution is -2.33. The fourth-order valence-electron chi connectivity index (χ4n) is 2.54. The molecule has 5 nitrogen and oxygen atoms in total. The van der Waals surface area contributed by atoms with Crippen molar-refractivity contribution in [3.63, 3.8) is 0 Å². The van der Waals surface area contributed by atoms with Crippen LogP contribution in [-0.4, -0.2) is 27.4 Å². The van der Waals surface area contributed by atoms with Gasteiger partial charge in [0, 0.05) is 5.39 Å². The quantitative estimate of drug-likeness (QED) is 0.695. The number of aliphatic hydroxyl groups is 1. The van der Waals surface area contributed by atoms with E-state index in [1.165, 1.54) is 4.68 Å². The van der Waals surface area contributed by atoms with Gasteiger partial charge < -0.3 is 10.4 Å². The summed E-state index contributed by atoms with van der Waals surface area (Å²) in [6.07, 6.45) is 1.61. The molecular weight excluding hydrogens is 335 g/mol. The largest absolute Gasteiger partial charge is 0.394 e. The summed E-state index contributed by atoms with van der Waals surface area (Å²) < 4.78 is 41.2. The summed E-state index contributed by atoms with van der Waals surface area (Å²) in [5, 5.41) is 16.8. The number of para-hydroxylation sites is 1. The molecule has 1 aromatic heterocycles. The van der Waals surface area contributed by atoms with Crippen LogP contribution in [0.15, 0.2) is 42.6 Å². The van der Waals surface area contributed by atoms with Gasteiger partial charge in [-0.25, -0.2) is 13.2 Å². The molecule has 1 atom stereocenters. The Morgan fingerprint density at radius 1 is 1.20 bits per heavy atom. The van der Waals surface area contributed by atoms with Crippen molar-refractivity contribution in [2.75, 3.05) is 6.61 Å². The fraction of sp³-hybridized carbons (Fsp3) is 0.176. The number of hydrogen-bond donors (Lipinski definition) is 2. The SMILES string of the molecule is O=C(Cn1ncc2ccccc21)NC(CO)c1cc(F)c(F)c(F)c1. The molecule has 2 aromatic carbocycles. The van der Waals surface area contributed by atoms with E-state index in [1.54, 1.807) is 18.3 Å². The molecule has 1 amide bonds. The van der Waals surface area contributed by atoms with E-state index in [0.29, 0.717) is 0 Å². The molecule has 25 heavy (non-hydrogen) atoms. The normalized spacial score (nSPS) is 12.3. The first-order chi connectivity index (χ1) is 12.0. The molecule has 3 aromatic rings. The minimum Gasteiger partial charge on any atom is -0.394 e. The summed E-state index contributed by atoms with van der Waals surface area (Å²) in [4.78, 5) is 12.2. The number of carbonyl (C=O) groups is 1. The molecule has 0 radical (unpaired) electrons. The zero-order valence-corrected chi connectivity index (χ0v) is 12.9. The van der Waals surface area contributed by atoms with Crippen molar-refractivity contribution in [3.8, 4) is 0 Å². The number of carbonyl (C=O) groups excluding carboxylic acids is 1. The number of rotatable bonds is 5. The third kappa shape index (κ3) is 3.48. The number of hydrogen-bond acceptors (Lipinski definition) is 3. The molecule has 1 heterocycles. The first-order valence-electron chi connectivity index (χ1n) is 7.45. The Labute approximate surface area is 140 Å². The molecule has 8 heteroatoms. The number of nitrogens with zero attached hydrogens (tertiary/aromatic N) is 2. The third-order valence-corrected chi connectivity index (χ3v) is 3.77. The van der Waals surface area contributed by atoms with E-state index in [0.717, 1.165) is 23.0 Å². The molecule has 130 valence electrons. The monoisotopic (exact) mass is 349 g/mol. The van der Waals surface area contributed by atoms with Crippen LogP contribution in [0.5, 0.6) is 0 Å². The second-order valence-electron chi connectivity index (χ2n) is 5.46. The molecule has 0 saturated heterocycles. The van der Waals surface area contributed by atoms with Gasteiger partial charge in [-0.1, -0.05) is 18.2 Å². The maximum atomic E-state index is 13.3. The van der Waals surface area contributed by atoms with Crippen LogP contribution in [0, 0.1) is 17.5 Å². The first-order valence-corrected chi connectivity index (χ1v) is 7.45. The number of amides is 1. The van der Waals surface area contributed by atoms with E-state index in [9.17, 15) is 23.1 Å². The van der Waals surface area contributed by atoms with E-state index < -0.39 is 36.0 Å². The van der Waals surface area contributed by atoms with Crippen molar-refractivity contribution in [3.05, 3.63) is 65.6 Å². The summed E-state index contributed by atoms with van der Waals surface area (Å²) in [6.45, 7) is -0.744. The second kappa shape index (κ2) is 6.94. The summed E-state index contributed by atoms with van der Waals surface area (Å²) in [6, 6.07) is 7.69. The summed E-state index contributed by atoms with van der Waals surface area (Å²) in [5.41, 5.74) is 0.676. The van der Waals surface area contributed by atoms with Gasteiger partial charge in [0.2, 0.25) is 5.91 Å². The van der Waals surface area contributed by atoms with Crippen molar-refractivity contribution in [1.82, 2.24) is 15.1 Å². The van der Waals surface area contributed by atoms with Gasteiger partial charge in [-0.15, -0.1) is 0 Å². The Balaban J connectivity index is 1.76. The highest BCUT2D eigenvalue weighted by molar-refractivity contribution is 5.82. The minimum atomic E-state index is -1.60. The van der Waals surface area contributed by atoms with Crippen molar-refractivity contribution in [2.45, 2.75) is 12.6 Å². The van der Waals surface area contributed by atoms with Crippen LogP contribution < -0.4 is 5.32 Å². The van der Waals surface area contributed by atoms with Crippen molar-refractivity contribution in [1.29, 1.82) is 0 Å². The van der Waals surface area contributed by atoms with Crippen LogP contribution in [0.1, 0.15) is 11.6 Å². The summed E-state index contributed by atoms with van der Waals surface area (Å²) in [5.74, 6) is -4.89. The molecule has 2 N–H and O–H groups in total. The average Bonchev–Trinajstić information content (AvgIpc) is 3.00. The number of halogens is 3. The molecule has 0 spiro atoms. The van der Waals surface area contributed by atoms with Gasteiger partial charge in [-0.3, -0.25) is 9.48 Å². The number of aliphatic hydroxyl groups excluding tert-OH is 1. The zero-order chi connectivity index (χ0) is 18.0. The Kier molecular flexibility index (Phi) is 4.71. The lowest BCUT2D eigenvalue weighted by atomic mass is 10.1. The number of fused-ring (bicyclic) bond motifs is 1. The first kappa shape index (κ1) is 17.0. The standard InChI is InChI=1S/C17H14F3N3O2/c18-12-5-11(6-13(19)17(12)20)14(9-24)22-16(25)8-23-15-4-2-1-3-10(15)7-21-23/h1-7,14,24H,8-9H2,(H,22,25). The summed E-state index contributed by atoms with van der Waals surface area (Å²) in [7, 11) is 0. The van der Waals surface area contributed by atoms with Crippen molar-refractivity contribution < 1.29 is 23.1 Å². The van der Waals surface area contributed by atoms with E-state index >= 15 is 0 Å². The Morgan fingerprint density at radius 2 is 1.88 bits per heavy atom. The molecular formula is C17H14F3N3O2. The molecule has 0 saturated carbocycles. The van der Waals surface area contributed by atoms with Crippen LogP contribution in [0.25, 0.3) is 10.9 Å². The Bertz CT molecular complexity index is 903. The van der Waals surface area contributed by atoms with E-state index in [2.05, 4.69) is 10.4 Å². The van der Waals surface area contributed by atoms with Crippen molar-refractivity contribution in [2.24, 2.45) is 0 Å². The van der Waals surface area contributed by atoms with Crippen molar-refractivity contribution >= 4 is 16.8 Å². The van der Waals surface area contributed by atoms with Gasteiger partial charge in [-0.2, -0.15) is 5.10 Å². The van der Waals surface area contributed by atoms with Crippen LogP contribution in [0.2, 0.25) is 0 Å². The fourth-order valence-corrected chi connectivity index (χ4v) is 2.54. The van der Waals surface area contributed by atoms with Crippen LogP contribution in [0.3, 0.4) is 0 Å². The molecule has 0 fully saturated rings. The third-order valence-electron chi connectivity index (χ3n) is 3.77. The van der Waals surface area contributed by atoms with Crippen LogP contribution in [0.4, 0.5) is 13.2 Å². The molecule has 0 aliphatic heterocycles. The Morgan fingerprint density at radius 3 is 2.56 bits per heavy atom. The summed E-state index contributed by atoms with van der Waals surface area (Å²) >= 11 is 0. The zero-order valence-electron chi connectivity index (χ0n) is 12.9. The van der Waals surface area contributed by atoms with Crippen LogP contribution in [-0.2, 0) is 11.3 Å². The molecule has 1 unspecified atom stereocenters. The second-order valence-corrected chi connectivity index (χ2v) is 5.46. The lowest BCUT2D eigenvalue weighted by Gasteiger charge is -2.17. The average molecular weight is 349 g/mol. The minimum absolute atomic E-state index is 0.0717. The lowest BCUT2D eigenvalue weighted by molar-refractivity contribution is -0.122. The highest BCUT2D eigenvalue weighted by Gasteiger charge is 2.19. The molecule has 3 rings (SSSR count). The van der Waals surface area contributed by atoms with Gasteiger partial charge in [0.1, 0.15) is 6.54 Å². The van der Waals surface area contributed by atoms with Gasteiger partial charge in [0.25, 0.3) is 0 Å². The van der Waals surface area contributed by atoms with Gasteiger partial charge >= 0.3 is 0 Å². The topological polar surface area (TPSA) is 67.2 Å². The maximum Gasteiger partial charge on any atom is 0.242 e. The predicted molar refractivity (Wildman–Crippen MR) is 84.0 cm³/mol. The van der Waals surface area contributed by atoms with E-state index in [-0.39, 0.29) is 12.1 Å². The number of benzene rings is 2. The maximum absolute atomic E-state index is 13.3.